The Hall–Kier alpha value is -5.10. The molecular formula is C42H37BN2O2. The smallest absolute Gasteiger partial charge is 0.399 e. The van der Waals surface area contributed by atoms with Crippen LogP contribution in [0.25, 0.3) is 38.6 Å². The molecular weight excluding hydrogens is 575 g/mol. The maximum Gasteiger partial charge on any atom is 0.494 e. The monoisotopic (exact) mass is 612 g/mol. The van der Waals surface area contributed by atoms with Crippen LogP contribution in [0.4, 0.5) is 17.1 Å². The first-order chi connectivity index (χ1) is 22.8. The Morgan fingerprint density at radius 1 is 0.489 bits per heavy atom. The second-order valence-corrected chi connectivity index (χ2v) is 13.3. The van der Waals surface area contributed by atoms with Crippen molar-refractivity contribution >= 4 is 51.4 Å². The molecule has 0 spiro atoms. The summed E-state index contributed by atoms with van der Waals surface area (Å²) in [5.41, 5.74) is 9.40. The average Bonchev–Trinajstić information content (AvgIpc) is 3.54. The molecule has 0 saturated carbocycles. The number of benzene rings is 6. The van der Waals surface area contributed by atoms with E-state index < -0.39 is 7.12 Å². The third kappa shape index (κ3) is 5.13. The van der Waals surface area contributed by atoms with Crippen LogP contribution in [0.5, 0.6) is 0 Å². The topological polar surface area (TPSA) is 26.6 Å². The minimum atomic E-state index is -0.406. The van der Waals surface area contributed by atoms with Crippen LogP contribution in [0.1, 0.15) is 27.7 Å². The van der Waals surface area contributed by atoms with Gasteiger partial charge in [0, 0.05) is 33.5 Å². The highest BCUT2D eigenvalue weighted by atomic mass is 16.7. The van der Waals surface area contributed by atoms with Gasteiger partial charge in [-0.15, -0.1) is 0 Å². The molecule has 47 heavy (non-hydrogen) atoms. The van der Waals surface area contributed by atoms with Crippen LogP contribution < -0.4 is 10.4 Å². The van der Waals surface area contributed by atoms with E-state index in [9.17, 15) is 0 Å². The summed E-state index contributed by atoms with van der Waals surface area (Å²) in [6, 6.07) is 53.9. The number of aromatic nitrogens is 1. The van der Waals surface area contributed by atoms with Crippen LogP contribution in [-0.2, 0) is 9.31 Å². The lowest BCUT2D eigenvalue weighted by atomic mass is 9.78. The van der Waals surface area contributed by atoms with Gasteiger partial charge in [-0.05, 0) is 105 Å². The SMILES string of the molecule is CC1(C)OB(c2ccc3c(c2)c2ccccc2n3-c2ccc(N(c3ccccc3)c3ccc(-c4ccccc4)cc3)cc2)OC1(C)C. The van der Waals surface area contributed by atoms with Gasteiger partial charge in [0.15, 0.2) is 0 Å². The third-order valence-electron chi connectivity index (χ3n) is 9.84. The van der Waals surface area contributed by atoms with Crippen LogP contribution in [0.15, 0.2) is 152 Å². The molecule has 8 rings (SSSR count). The van der Waals surface area contributed by atoms with Crippen LogP contribution in [-0.4, -0.2) is 22.9 Å². The van der Waals surface area contributed by atoms with E-state index in [1.54, 1.807) is 0 Å². The first-order valence-electron chi connectivity index (χ1n) is 16.3. The van der Waals surface area contributed by atoms with Crippen LogP contribution in [0, 0.1) is 0 Å². The lowest BCUT2D eigenvalue weighted by Crippen LogP contribution is -2.41. The average molecular weight is 613 g/mol. The Bertz CT molecular complexity index is 2170. The first-order valence-corrected chi connectivity index (χ1v) is 16.3. The summed E-state index contributed by atoms with van der Waals surface area (Å²) in [4.78, 5) is 2.31. The van der Waals surface area contributed by atoms with Gasteiger partial charge < -0.3 is 18.8 Å². The van der Waals surface area contributed by atoms with Gasteiger partial charge in [-0.3, -0.25) is 0 Å². The molecule has 0 bridgehead atoms. The highest BCUT2D eigenvalue weighted by Crippen LogP contribution is 2.39. The highest BCUT2D eigenvalue weighted by Gasteiger charge is 2.51. The molecule has 0 N–H and O–H groups in total. The second-order valence-electron chi connectivity index (χ2n) is 13.3. The number of hydrogen-bond donors (Lipinski definition) is 0. The molecule has 0 atom stereocenters. The van der Waals surface area contributed by atoms with Crippen molar-refractivity contribution in [3.63, 3.8) is 0 Å². The number of nitrogens with zero attached hydrogens (tertiary/aromatic N) is 2. The van der Waals surface area contributed by atoms with E-state index in [-0.39, 0.29) is 11.2 Å². The van der Waals surface area contributed by atoms with Crippen molar-refractivity contribution in [3.05, 3.63) is 152 Å². The lowest BCUT2D eigenvalue weighted by Gasteiger charge is -2.32. The van der Waals surface area contributed by atoms with E-state index >= 15 is 0 Å². The maximum absolute atomic E-state index is 6.41. The van der Waals surface area contributed by atoms with Crippen molar-refractivity contribution in [2.45, 2.75) is 38.9 Å². The molecule has 1 saturated heterocycles. The van der Waals surface area contributed by atoms with Crippen molar-refractivity contribution in [1.82, 2.24) is 4.57 Å². The van der Waals surface area contributed by atoms with Crippen LogP contribution in [0.3, 0.4) is 0 Å². The molecule has 7 aromatic rings. The van der Waals surface area contributed by atoms with E-state index in [0.717, 1.165) is 39.2 Å². The van der Waals surface area contributed by atoms with Crippen LogP contribution >= 0.6 is 0 Å². The number of rotatable bonds is 6. The summed E-state index contributed by atoms with van der Waals surface area (Å²) in [6.45, 7) is 8.39. The molecule has 0 unspecified atom stereocenters. The van der Waals surface area contributed by atoms with Gasteiger partial charge in [0.1, 0.15) is 0 Å². The number of anilines is 3. The molecule has 1 aromatic heterocycles. The van der Waals surface area contributed by atoms with E-state index in [2.05, 4.69) is 189 Å². The minimum absolute atomic E-state index is 0.389. The van der Waals surface area contributed by atoms with Gasteiger partial charge in [-0.1, -0.05) is 91.0 Å². The Morgan fingerprint density at radius 2 is 1.00 bits per heavy atom. The zero-order valence-corrected chi connectivity index (χ0v) is 27.2. The largest absolute Gasteiger partial charge is 0.494 e. The molecule has 1 fully saturated rings. The minimum Gasteiger partial charge on any atom is -0.399 e. The summed E-state index contributed by atoms with van der Waals surface area (Å²) >= 11 is 0. The van der Waals surface area contributed by atoms with E-state index in [1.165, 1.54) is 21.9 Å². The summed E-state index contributed by atoms with van der Waals surface area (Å²) in [7, 11) is -0.406. The van der Waals surface area contributed by atoms with Crippen molar-refractivity contribution in [2.24, 2.45) is 0 Å². The molecule has 2 heterocycles. The van der Waals surface area contributed by atoms with Crippen molar-refractivity contribution in [2.75, 3.05) is 4.90 Å². The van der Waals surface area contributed by atoms with Crippen LogP contribution in [0.2, 0.25) is 0 Å². The molecule has 5 heteroatoms. The quantitative estimate of drug-likeness (QED) is 0.175. The molecule has 4 nitrogen and oxygen atoms in total. The molecule has 0 aliphatic carbocycles. The maximum atomic E-state index is 6.41. The van der Waals surface area contributed by atoms with E-state index in [4.69, 9.17) is 9.31 Å². The van der Waals surface area contributed by atoms with Gasteiger partial charge in [-0.2, -0.15) is 0 Å². The molecule has 6 aromatic carbocycles. The number of fused-ring (bicyclic) bond motifs is 3. The van der Waals surface area contributed by atoms with Gasteiger partial charge in [0.25, 0.3) is 0 Å². The number of para-hydroxylation sites is 2. The fraction of sp³-hybridized carbons (Fsp3) is 0.143. The Balaban J connectivity index is 1.18. The van der Waals surface area contributed by atoms with Gasteiger partial charge in [-0.25, -0.2) is 0 Å². The molecule has 1 aliphatic rings. The van der Waals surface area contributed by atoms with Crippen molar-refractivity contribution in [3.8, 4) is 16.8 Å². The fourth-order valence-electron chi connectivity index (χ4n) is 6.60. The van der Waals surface area contributed by atoms with Crippen molar-refractivity contribution in [1.29, 1.82) is 0 Å². The Morgan fingerprint density at radius 3 is 1.66 bits per heavy atom. The second kappa shape index (κ2) is 11.3. The van der Waals surface area contributed by atoms with Crippen molar-refractivity contribution < 1.29 is 9.31 Å². The predicted octanol–water partition coefficient (Wildman–Crippen LogP) is 10.2. The van der Waals surface area contributed by atoms with Gasteiger partial charge >= 0.3 is 7.12 Å². The fourth-order valence-corrected chi connectivity index (χ4v) is 6.60. The zero-order valence-electron chi connectivity index (χ0n) is 27.2. The summed E-state index contributed by atoms with van der Waals surface area (Å²) < 4.78 is 15.2. The Kier molecular flexibility index (Phi) is 7.05. The third-order valence-corrected chi connectivity index (χ3v) is 9.84. The summed E-state index contributed by atoms with van der Waals surface area (Å²) in [6.07, 6.45) is 0. The first kappa shape index (κ1) is 29.3. The van der Waals surface area contributed by atoms with E-state index in [1.807, 2.05) is 0 Å². The normalized spacial score (nSPS) is 15.4. The molecule has 0 amide bonds. The summed E-state index contributed by atoms with van der Waals surface area (Å²) in [5, 5.41) is 2.38. The highest BCUT2D eigenvalue weighted by molar-refractivity contribution is 6.62. The summed E-state index contributed by atoms with van der Waals surface area (Å²) in [5.74, 6) is 0. The van der Waals surface area contributed by atoms with Gasteiger partial charge in [0.05, 0.1) is 22.2 Å². The Labute approximate surface area is 277 Å². The molecule has 0 radical (unpaired) electrons. The molecule has 1 aliphatic heterocycles. The lowest BCUT2D eigenvalue weighted by molar-refractivity contribution is 0.00578. The predicted molar refractivity (Wildman–Crippen MR) is 197 cm³/mol. The number of hydrogen-bond acceptors (Lipinski definition) is 3. The van der Waals surface area contributed by atoms with E-state index in [0.29, 0.717) is 0 Å². The molecule has 230 valence electrons. The van der Waals surface area contributed by atoms with Gasteiger partial charge in [0.2, 0.25) is 0 Å². The standard InChI is InChI=1S/C42H37BN2O2/c1-41(2)42(3,4)47-43(46-41)32-21-28-40-38(29-32)37-17-11-12-18-39(37)45(40)36-26-24-35(25-27-36)44(33-15-9-6-10-16-33)34-22-19-31(20-23-34)30-13-7-5-8-14-30/h5-29H,1-4H3. The zero-order chi connectivity index (χ0) is 32.2.